The number of nitrogen functional groups attached to an aromatic ring is 1. The number of hydrogen-bond donors (Lipinski definition) is 2. The average molecular weight is 236 g/mol. The molecular formula is C12H16N2O3. The third-order valence-electron chi connectivity index (χ3n) is 2.70. The first-order valence-corrected chi connectivity index (χ1v) is 5.56. The molecule has 1 aromatic carbocycles. The van der Waals surface area contributed by atoms with Gasteiger partial charge < -0.3 is 20.5 Å². The van der Waals surface area contributed by atoms with Crippen LogP contribution in [0.5, 0.6) is 5.75 Å². The lowest BCUT2D eigenvalue weighted by Crippen LogP contribution is -2.27. The summed E-state index contributed by atoms with van der Waals surface area (Å²) < 4.78 is 10.5. The summed E-state index contributed by atoms with van der Waals surface area (Å²) in [6.45, 7) is 0.645. The maximum atomic E-state index is 11.9. The molecule has 1 aromatic rings. The van der Waals surface area contributed by atoms with Gasteiger partial charge in [0.25, 0.3) is 5.91 Å². The third-order valence-corrected chi connectivity index (χ3v) is 2.70. The number of amides is 1. The SMILES string of the molecule is COc1ccc(N)cc1NC(=O)C1CCCO1. The van der Waals surface area contributed by atoms with Crippen molar-refractivity contribution in [2.45, 2.75) is 18.9 Å². The highest BCUT2D eigenvalue weighted by molar-refractivity contribution is 5.96. The summed E-state index contributed by atoms with van der Waals surface area (Å²) in [5.74, 6) is 0.442. The molecule has 3 N–H and O–H groups in total. The first-order valence-electron chi connectivity index (χ1n) is 5.56. The Morgan fingerprint density at radius 3 is 3.06 bits per heavy atom. The minimum Gasteiger partial charge on any atom is -0.495 e. The number of nitrogens with two attached hydrogens (primary N) is 1. The van der Waals surface area contributed by atoms with Crippen LogP contribution in [0.3, 0.4) is 0 Å². The minimum absolute atomic E-state index is 0.147. The standard InChI is InChI=1S/C12H16N2O3/c1-16-10-5-4-8(13)7-9(10)14-12(15)11-3-2-6-17-11/h4-5,7,11H,2-3,6,13H2,1H3,(H,14,15). The highest BCUT2D eigenvalue weighted by Crippen LogP contribution is 2.27. The zero-order chi connectivity index (χ0) is 12.3. The van der Waals surface area contributed by atoms with E-state index in [1.807, 2.05) is 0 Å². The molecule has 5 heteroatoms. The van der Waals surface area contributed by atoms with E-state index in [0.29, 0.717) is 23.7 Å². The predicted molar refractivity (Wildman–Crippen MR) is 65.0 cm³/mol. The van der Waals surface area contributed by atoms with Crippen LogP contribution in [0.25, 0.3) is 0 Å². The van der Waals surface area contributed by atoms with E-state index < -0.39 is 0 Å². The largest absolute Gasteiger partial charge is 0.495 e. The summed E-state index contributed by atoms with van der Waals surface area (Å²) >= 11 is 0. The van der Waals surface area contributed by atoms with Crippen molar-refractivity contribution in [1.29, 1.82) is 0 Å². The molecule has 1 fully saturated rings. The lowest BCUT2D eigenvalue weighted by atomic mass is 10.2. The second-order valence-corrected chi connectivity index (χ2v) is 3.95. The van der Waals surface area contributed by atoms with Crippen LogP contribution < -0.4 is 15.8 Å². The molecule has 0 radical (unpaired) electrons. The number of benzene rings is 1. The number of anilines is 2. The molecule has 0 saturated carbocycles. The molecule has 0 aliphatic carbocycles. The second kappa shape index (κ2) is 5.05. The first-order chi connectivity index (χ1) is 8.20. The molecule has 5 nitrogen and oxygen atoms in total. The molecule has 1 unspecified atom stereocenters. The van der Waals surface area contributed by atoms with Crippen LogP contribution in [-0.2, 0) is 9.53 Å². The lowest BCUT2D eigenvalue weighted by molar-refractivity contribution is -0.124. The van der Waals surface area contributed by atoms with Crippen LogP contribution in [0, 0.1) is 0 Å². The van der Waals surface area contributed by atoms with Gasteiger partial charge in [0.15, 0.2) is 0 Å². The van der Waals surface area contributed by atoms with Gasteiger partial charge in [-0.15, -0.1) is 0 Å². The van der Waals surface area contributed by atoms with E-state index in [1.54, 1.807) is 25.3 Å². The molecular weight excluding hydrogens is 220 g/mol. The third kappa shape index (κ3) is 2.68. The van der Waals surface area contributed by atoms with Gasteiger partial charge in [-0.3, -0.25) is 4.79 Å². The zero-order valence-electron chi connectivity index (χ0n) is 9.73. The minimum atomic E-state index is -0.360. The zero-order valence-corrected chi connectivity index (χ0v) is 9.73. The van der Waals surface area contributed by atoms with Crippen molar-refractivity contribution >= 4 is 17.3 Å². The number of methoxy groups -OCH3 is 1. The van der Waals surface area contributed by atoms with Gasteiger partial charge in [0.2, 0.25) is 0 Å². The van der Waals surface area contributed by atoms with Crippen molar-refractivity contribution in [2.75, 3.05) is 24.8 Å². The molecule has 17 heavy (non-hydrogen) atoms. The van der Waals surface area contributed by atoms with Crippen LogP contribution >= 0.6 is 0 Å². The van der Waals surface area contributed by atoms with Gasteiger partial charge in [-0.1, -0.05) is 0 Å². The van der Waals surface area contributed by atoms with E-state index in [2.05, 4.69) is 5.32 Å². The second-order valence-electron chi connectivity index (χ2n) is 3.95. The highest BCUT2D eigenvalue weighted by atomic mass is 16.5. The first kappa shape index (κ1) is 11.7. The topological polar surface area (TPSA) is 73.6 Å². The van der Waals surface area contributed by atoms with Crippen molar-refractivity contribution < 1.29 is 14.3 Å². The maximum absolute atomic E-state index is 11.9. The Kier molecular flexibility index (Phi) is 3.49. The fourth-order valence-electron chi connectivity index (χ4n) is 1.82. The number of rotatable bonds is 3. The summed E-state index contributed by atoms with van der Waals surface area (Å²) in [5.41, 5.74) is 6.83. The van der Waals surface area contributed by atoms with Crippen LogP contribution in [-0.4, -0.2) is 25.7 Å². The molecule has 0 bridgehead atoms. The average Bonchev–Trinajstić information content (AvgIpc) is 2.83. The van der Waals surface area contributed by atoms with Crippen molar-refractivity contribution in [2.24, 2.45) is 0 Å². The van der Waals surface area contributed by atoms with Gasteiger partial charge in [0, 0.05) is 12.3 Å². The van der Waals surface area contributed by atoms with E-state index in [0.717, 1.165) is 12.8 Å². The van der Waals surface area contributed by atoms with Crippen molar-refractivity contribution in [3.8, 4) is 5.75 Å². The van der Waals surface area contributed by atoms with Crippen LogP contribution in [0.2, 0.25) is 0 Å². The molecule has 92 valence electrons. The molecule has 2 rings (SSSR count). The number of carbonyl (C=O) groups excluding carboxylic acids is 1. The van der Waals surface area contributed by atoms with Gasteiger partial charge >= 0.3 is 0 Å². The van der Waals surface area contributed by atoms with E-state index in [-0.39, 0.29) is 12.0 Å². The fraction of sp³-hybridized carbons (Fsp3) is 0.417. The normalized spacial score (nSPS) is 19.0. The highest BCUT2D eigenvalue weighted by Gasteiger charge is 2.24. The quantitative estimate of drug-likeness (QED) is 0.778. The Hall–Kier alpha value is -1.75. The summed E-state index contributed by atoms with van der Waals surface area (Å²) in [4.78, 5) is 11.9. The van der Waals surface area contributed by atoms with Gasteiger partial charge in [0.1, 0.15) is 11.9 Å². The van der Waals surface area contributed by atoms with Gasteiger partial charge in [-0.2, -0.15) is 0 Å². The number of nitrogens with one attached hydrogen (secondary N) is 1. The summed E-state index contributed by atoms with van der Waals surface area (Å²) in [6, 6.07) is 5.12. The number of carbonyl (C=O) groups is 1. The predicted octanol–water partition coefficient (Wildman–Crippen LogP) is 1.39. The molecule has 0 aromatic heterocycles. The Morgan fingerprint density at radius 1 is 1.59 bits per heavy atom. The Bertz CT molecular complexity index is 414. The Labute approximate surface area is 99.9 Å². The van der Waals surface area contributed by atoms with Gasteiger partial charge in [-0.05, 0) is 31.0 Å². The maximum Gasteiger partial charge on any atom is 0.253 e. The molecule has 1 aliphatic rings. The molecule has 1 heterocycles. The van der Waals surface area contributed by atoms with E-state index in [4.69, 9.17) is 15.2 Å². The van der Waals surface area contributed by atoms with E-state index >= 15 is 0 Å². The summed E-state index contributed by atoms with van der Waals surface area (Å²) in [6.07, 6.45) is 1.32. The fourth-order valence-corrected chi connectivity index (χ4v) is 1.82. The van der Waals surface area contributed by atoms with E-state index in [9.17, 15) is 4.79 Å². The van der Waals surface area contributed by atoms with Gasteiger partial charge in [0.05, 0.1) is 12.8 Å². The van der Waals surface area contributed by atoms with Crippen LogP contribution in [0.1, 0.15) is 12.8 Å². The lowest BCUT2D eigenvalue weighted by Gasteiger charge is -2.13. The summed E-state index contributed by atoms with van der Waals surface area (Å²) in [5, 5.41) is 2.78. The number of ether oxygens (including phenoxy) is 2. The monoisotopic (exact) mass is 236 g/mol. The molecule has 1 saturated heterocycles. The van der Waals surface area contributed by atoms with Gasteiger partial charge in [-0.25, -0.2) is 0 Å². The number of hydrogen-bond acceptors (Lipinski definition) is 4. The molecule has 1 aliphatic heterocycles. The van der Waals surface area contributed by atoms with Crippen LogP contribution in [0.15, 0.2) is 18.2 Å². The molecule has 1 atom stereocenters. The van der Waals surface area contributed by atoms with Crippen molar-refractivity contribution in [1.82, 2.24) is 0 Å². The Morgan fingerprint density at radius 2 is 2.41 bits per heavy atom. The van der Waals surface area contributed by atoms with E-state index in [1.165, 1.54) is 0 Å². The Balaban J connectivity index is 2.11. The van der Waals surface area contributed by atoms with Crippen LogP contribution in [0.4, 0.5) is 11.4 Å². The molecule has 0 spiro atoms. The van der Waals surface area contributed by atoms with Crippen molar-refractivity contribution in [3.63, 3.8) is 0 Å². The molecule has 1 amide bonds. The summed E-state index contributed by atoms with van der Waals surface area (Å²) in [7, 11) is 1.55. The smallest absolute Gasteiger partial charge is 0.253 e. The van der Waals surface area contributed by atoms with Crippen molar-refractivity contribution in [3.05, 3.63) is 18.2 Å².